The smallest absolute Gasteiger partial charge is 0.182 e. The van der Waals surface area contributed by atoms with Gasteiger partial charge in [0.15, 0.2) is 17.6 Å². The summed E-state index contributed by atoms with van der Waals surface area (Å²) in [5.74, 6) is 1.65. The van der Waals surface area contributed by atoms with Crippen molar-refractivity contribution in [3.63, 3.8) is 0 Å². The standard InChI is InChI=1S/C9H9O2/c1-7-6-10-8-4-2-3-5-9(8)11-7/h2-5H,6H2,1H3. The van der Waals surface area contributed by atoms with Gasteiger partial charge in [0, 0.05) is 0 Å². The number of hydrogen-bond acceptors (Lipinski definition) is 2. The highest BCUT2D eigenvalue weighted by Crippen LogP contribution is 2.32. The zero-order valence-corrected chi connectivity index (χ0v) is 6.33. The largest absolute Gasteiger partial charge is 0.485 e. The first kappa shape index (κ1) is 6.53. The molecule has 1 heterocycles. The molecule has 1 aromatic carbocycles. The highest BCUT2D eigenvalue weighted by Gasteiger charge is 2.16. The number of para-hydroxylation sites is 2. The molecule has 57 valence electrons. The molecule has 0 spiro atoms. The predicted molar refractivity (Wildman–Crippen MR) is 41.5 cm³/mol. The van der Waals surface area contributed by atoms with Gasteiger partial charge in [-0.1, -0.05) is 12.1 Å². The van der Waals surface area contributed by atoms with Gasteiger partial charge in [0.05, 0.1) is 0 Å². The molecule has 0 aromatic heterocycles. The molecule has 1 aromatic rings. The van der Waals surface area contributed by atoms with E-state index in [1.165, 1.54) is 0 Å². The van der Waals surface area contributed by atoms with Crippen LogP contribution < -0.4 is 9.47 Å². The molecule has 2 heteroatoms. The normalized spacial score (nSPS) is 16.5. The minimum absolute atomic E-state index is 0.566. The molecule has 0 aliphatic carbocycles. The molecule has 2 rings (SSSR count). The second-order valence-corrected chi connectivity index (χ2v) is 2.54. The van der Waals surface area contributed by atoms with E-state index in [1.807, 2.05) is 31.2 Å². The molecule has 0 saturated heterocycles. The van der Waals surface area contributed by atoms with E-state index in [1.54, 1.807) is 0 Å². The molecule has 0 atom stereocenters. The van der Waals surface area contributed by atoms with Crippen LogP contribution in [0, 0.1) is 6.10 Å². The maximum Gasteiger partial charge on any atom is 0.182 e. The van der Waals surface area contributed by atoms with E-state index in [-0.39, 0.29) is 0 Å². The Hall–Kier alpha value is -1.18. The third-order valence-corrected chi connectivity index (χ3v) is 1.56. The van der Waals surface area contributed by atoms with Crippen LogP contribution in [-0.2, 0) is 0 Å². The van der Waals surface area contributed by atoms with E-state index in [0.717, 1.165) is 17.6 Å². The van der Waals surface area contributed by atoms with E-state index in [2.05, 4.69) is 0 Å². The van der Waals surface area contributed by atoms with Crippen LogP contribution in [0.4, 0.5) is 0 Å². The number of rotatable bonds is 0. The summed E-state index contributed by atoms with van der Waals surface area (Å²) in [4.78, 5) is 0. The van der Waals surface area contributed by atoms with Crippen molar-refractivity contribution in [2.24, 2.45) is 0 Å². The molecule has 0 amide bonds. The zero-order valence-electron chi connectivity index (χ0n) is 6.33. The molecule has 1 radical (unpaired) electrons. The molecule has 0 unspecified atom stereocenters. The van der Waals surface area contributed by atoms with Crippen LogP contribution in [0.1, 0.15) is 6.92 Å². The van der Waals surface area contributed by atoms with Gasteiger partial charge in [0.1, 0.15) is 6.61 Å². The summed E-state index contributed by atoms with van der Waals surface area (Å²) in [5, 5.41) is 0. The lowest BCUT2D eigenvalue weighted by Gasteiger charge is -2.22. The van der Waals surface area contributed by atoms with E-state index in [9.17, 15) is 0 Å². The van der Waals surface area contributed by atoms with Crippen LogP contribution in [0.3, 0.4) is 0 Å². The predicted octanol–water partition coefficient (Wildman–Crippen LogP) is 2.01. The van der Waals surface area contributed by atoms with Gasteiger partial charge in [-0.05, 0) is 19.1 Å². The molecular weight excluding hydrogens is 140 g/mol. The monoisotopic (exact) mass is 149 g/mol. The summed E-state index contributed by atoms with van der Waals surface area (Å²) in [6.07, 6.45) is 0.906. The number of fused-ring (bicyclic) bond motifs is 1. The van der Waals surface area contributed by atoms with Crippen LogP contribution >= 0.6 is 0 Å². The minimum Gasteiger partial charge on any atom is -0.485 e. The molecule has 11 heavy (non-hydrogen) atoms. The maximum atomic E-state index is 5.42. The lowest BCUT2D eigenvalue weighted by Crippen LogP contribution is -2.18. The van der Waals surface area contributed by atoms with Crippen molar-refractivity contribution in [1.82, 2.24) is 0 Å². The fraction of sp³-hybridized carbons (Fsp3) is 0.222. The number of benzene rings is 1. The fourth-order valence-corrected chi connectivity index (χ4v) is 1.05. The van der Waals surface area contributed by atoms with E-state index in [0.29, 0.717) is 6.61 Å². The van der Waals surface area contributed by atoms with Gasteiger partial charge in [-0.2, -0.15) is 0 Å². The Labute approximate surface area is 65.7 Å². The Morgan fingerprint density at radius 2 is 1.91 bits per heavy atom. The average Bonchev–Trinajstić information content (AvgIpc) is 2.04. The first-order valence-electron chi connectivity index (χ1n) is 3.58. The second-order valence-electron chi connectivity index (χ2n) is 2.54. The zero-order chi connectivity index (χ0) is 7.68. The summed E-state index contributed by atoms with van der Waals surface area (Å²) in [6.45, 7) is 2.48. The molecule has 0 N–H and O–H groups in total. The quantitative estimate of drug-likeness (QED) is 0.561. The highest BCUT2D eigenvalue weighted by atomic mass is 16.6. The van der Waals surface area contributed by atoms with Gasteiger partial charge in [-0.25, -0.2) is 0 Å². The van der Waals surface area contributed by atoms with Crippen molar-refractivity contribution >= 4 is 0 Å². The Morgan fingerprint density at radius 3 is 2.73 bits per heavy atom. The van der Waals surface area contributed by atoms with Gasteiger partial charge in [0.2, 0.25) is 0 Å². The Kier molecular flexibility index (Phi) is 1.46. The number of hydrogen-bond donors (Lipinski definition) is 0. The minimum atomic E-state index is 0.566. The summed E-state index contributed by atoms with van der Waals surface area (Å²) < 4.78 is 10.8. The van der Waals surface area contributed by atoms with E-state index in [4.69, 9.17) is 9.47 Å². The summed E-state index contributed by atoms with van der Waals surface area (Å²) in [7, 11) is 0. The molecule has 0 saturated carbocycles. The molecular formula is C9H9O2. The van der Waals surface area contributed by atoms with Crippen LogP contribution in [0.2, 0.25) is 0 Å². The van der Waals surface area contributed by atoms with Crippen LogP contribution in [0.25, 0.3) is 0 Å². The van der Waals surface area contributed by atoms with Crippen molar-refractivity contribution in [3.8, 4) is 11.5 Å². The molecule has 1 aliphatic rings. The first-order valence-corrected chi connectivity index (χ1v) is 3.58. The Balaban J connectivity index is 2.34. The first-order chi connectivity index (χ1) is 5.36. The molecule has 0 fully saturated rings. The van der Waals surface area contributed by atoms with Crippen molar-refractivity contribution in [1.29, 1.82) is 0 Å². The molecule has 1 aliphatic heterocycles. The van der Waals surface area contributed by atoms with Crippen LogP contribution in [-0.4, -0.2) is 6.61 Å². The van der Waals surface area contributed by atoms with Gasteiger partial charge in [-0.3, -0.25) is 0 Å². The van der Waals surface area contributed by atoms with Gasteiger partial charge in [0.25, 0.3) is 0 Å². The van der Waals surface area contributed by atoms with E-state index < -0.39 is 0 Å². The average molecular weight is 149 g/mol. The van der Waals surface area contributed by atoms with Gasteiger partial charge >= 0.3 is 0 Å². The van der Waals surface area contributed by atoms with Crippen molar-refractivity contribution in [2.45, 2.75) is 6.92 Å². The Morgan fingerprint density at radius 1 is 1.18 bits per heavy atom. The second kappa shape index (κ2) is 2.46. The van der Waals surface area contributed by atoms with Crippen molar-refractivity contribution < 1.29 is 9.47 Å². The summed E-state index contributed by atoms with van der Waals surface area (Å²) >= 11 is 0. The van der Waals surface area contributed by atoms with Crippen LogP contribution in [0.15, 0.2) is 24.3 Å². The maximum absolute atomic E-state index is 5.42. The van der Waals surface area contributed by atoms with Gasteiger partial charge < -0.3 is 9.47 Å². The topological polar surface area (TPSA) is 18.5 Å². The van der Waals surface area contributed by atoms with Crippen LogP contribution in [0.5, 0.6) is 11.5 Å². The van der Waals surface area contributed by atoms with E-state index >= 15 is 0 Å². The Bertz CT molecular complexity index is 257. The lowest BCUT2D eigenvalue weighted by molar-refractivity contribution is 0.179. The third kappa shape index (κ3) is 1.16. The molecule has 2 nitrogen and oxygen atoms in total. The SMILES string of the molecule is C[C]1COc2ccccc2O1. The summed E-state index contributed by atoms with van der Waals surface area (Å²) in [6, 6.07) is 7.67. The lowest BCUT2D eigenvalue weighted by atomic mass is 10.3. The van der Waals surface area contributed by atoms with Crippen molar-refractivity contribution in [2.75, 3.05) is 6.61 Å². The van der Waals surface area contributed by atoms with Gasteiger partial charge in [-0.15, -0.1) is 0 Å². The third-order valence-electron chi connectivity index (χ3n) is 1.56. The highest BCUT2D eigenvalue weighted by molar-refractivity contribution is 5.41. The molecule has 0 bridgehead atoms. The number of ether oxygens (including phenoxy) is 2. The van der Waals surface area contributed by atoms with Crippen molar-refractivity contribution in [3.05, 3.63) is 30.4 Å². The fourth-order valence-electron chi connectivity index (χ4n) is 1.05. The summed E-state index contributed by atoms with van der Waals surface area (Å²) in [5.41, 5.74) is 0.